The van der Waals surface area contributed by atoms with E-state index in [2.05, 4.69) is 10.2 Å². The Balaban J connectivity index is 1.69. The van der Waals surface area contributed by atoms with E-state index in [1.807, 2.05) is 6.07 Å². The zero-order chi connectivity index (χ0) is 23.3. The molecule has 0 atom stereocenters. The third-order valence-corrected chi connectivity index (χ3v) is 8.00. The first-order valence-corrected chi connectivity index (χ1v) is 12.9. The van der Waals surface area contributed by atoms with Crippen molar-refractivity contribution in [2.75, 3.05) is 56.7 Å². The number of sulfonamides is 1. The molecule has 2 aromatic rings. The van der Waals surface area contributed by atoms with Crippen LogP contribution in [-0.2, 0) is 14.8 Å². The van der Waals surface area contributed by atoms with Gasteiger partial charge in [-0.1, -0.05) is 18.9 Å². The van der Waals surface area contributed by atoms with Crippen LogP contribution in [0, 0.1) is 0 Å². The van der Waals surface area contributed by atoms with Crippen LogP contribution in [-0.4, -0.2) is 65.1 Å². The van der Waals surface area contributed by atoms with Crippen molar-refractivity contribution in [2.24, 2.45) is 0 Å². The number of carbonyl (C=O) groups excluding carboxylic acids is 1. The molecule has 0 spiro atoms. The summed E-state index contributed by atoms with van der Waals surface area (Å²) in [6.07, 6.45) is 4.48. The van der Waals surface area contributed by atoms with Crippen LogP contribution in [0.3, 0.4) is 0 Å². The third-order valence-electron chi connectivity index (χ3n) is 6.10. The van der Waals surface area contributed by atoms with Gasteiger partial charge in [0.1, 0.15) is 5.75 Å². The van der Waals surface area contributed by atoms with Crippen molar-refractivity contribution >= 4 is 27.3 Å². The van der Waals surface area contributed by atoms with Gasteiger partial charge in [0.15, 0.2) is 0 Å². The Labute approximate surface area is 195 Å². The molecule has 0 aliphatic carbocycles. The standard InChI is InChI=1S/C24H31N3O5S/c1-31-20-8-6-7-19(17-20)24(28)25-22-18-21(33(29,30)27-13-15-32-16-14-27)9-10-23(22)26-11-4-2-3-5-12-26/h6-10,17-18H,2-5,11-16H2,1H3,(H,25,28). The smallest absolute Gasteiger partial charge is 0.255 e. The average Bonchev–Trinajstić information content (AvgIpc) is 3.14. The molecule has 178 valence electrons. The van der Waals surface area contributed by atoms with E-state index in [1.165, 1.54) is 17.1 Å². The summed E-state index contributed by atoms with van der Waals surface area (Å²) in [6, 6.07) is 11.9. The van der Waals surface area contributed by atoms with Gasteiger partial charge in [0.05, 0.1) is 36.6 Å². The lowest BCUT2D eigenvalue weighted by molar-refractivity contribution is 0.0730. The highest BCUT2D eigenvalue weighted by Crippen LogP contribution is 2.32. The van der Waals surface area contributed by atoms with Gasteiger partial charge in [-0.3, -0.25) is 4.79 Å². The molecule has 8 nitrogen and oxygen atoms in total. The van der Waals surface area contributed by atoms with Crippen molar-refractivity contribution in [3.8, 4) is 5.75 Å². The van der Waals surface area contributed by atoms with Crippen LogP contribution < -0.4 is 15.0 Å². The predicted octanol–water partition coefficient (Wildman–Crippen LogP) is 3.35. The summed E-state index contributed by atoms with van der Waals surface area (Å²) in [7, 11) is -2.14. The van der Waals surface area contributed by atoms with Gasteiger partial charge < -0.3 is 19.7 Å². The van der Waals surface area contributed by atoms with Crippen molar-refractivity contribution in [1.29, 1.82) is 0 Å². The lowest BCUT2D eigenvalue weighted by Crippen LogP contribution is -2.40. The number of amides is 1. The number of ether oxygens (including phenoxy) is 2. The van der Waals surface area contributed by atoms with Gasteiger partial charge in [0.25, 0.3) is 5.91 Å². The number of hydrogen-bond donors (Lipinski definition) is 1. The fourth-order valence-corrected chi connectivity index (χ4v) is 5.69. The summed E-state index contributed by atoms with van der Waals surface area (Å²) in [5.41, 5.74) is 1.78. The summed E-state index contributed by atoms with van der Waals surface area (Å²) in [5, 5.41) is 2.97. The summed E-state index contributed by atoms with van der Waals surface area (Å²) >= 11 is 0. The Morgan fingerprint density at radius 2 is 1.70 bits per heavy atom. The first-order chi connectivity index (χ1) is 16.0. The normalized spacial score (nSPS) is 17.9. The van der Waals surface area contributed by atoms with E-state index >= 15 is 0 Å². The number of benzene rings is 2. The molecule has 2 saturated heterocycles. The monoisotopic (exact) mass is 473 g/mol. The number of hydrogen-bond acceptors (Lipinski definition) is 6. The molecule has 4 rings (SSSR count). The SMILES string of the molecule is COc1cccc(C(=O)Nc2cc(S(=O)(=O)N3CCOCC3)ccc2N2CCCCCC2)c1. The average molecular weight is 474 g/mol. The number of rotatable bonds is 6. The summed E-state index contributed by atoms with van der Waals surface area (Å²) < 4.78 is 38.5. The van der Waals surface area contributed by atoms with E-state index in [0.29, 0.717) is 43.3 Å². The Kier molecular flexibility index (Phi) is 7.52. The number of carbonyl (C=O) groups is 1. The topological polar surface area (TPSA) is 88.2 Å². The van der Waals surface area contributed by atoms with Gasteiger partial charge >= 0.3 is 0 Å². The van der Waals surface area contributed by atoms with E-state index < -0.39 is 10.0 Å². The molecule has 0 unspecified atom stereocenters. The van der Waals surface area contributed by atoms with Crippen LogP contribution in [0.4, 0.5) is 11.4 Å². The number of anilines is 2. The van der Waals surface area contributed by atoms with Crippen molar-refractivity contribution in [3.63, 3.8) is 0 Å². The minimum Gasteiger partial charge on any atom is -0.497 e. The molecule has 0 aromatic heterocycles. The largest absolute Gasteiger partial charge is 0.497 e. The van der Waals surface area contributed by atoms with Crippen molar-refractivity contribution in [3.05, 3.63) is 48.0 Å². The van der Waals surface area contributed by atoms with Crippen molar-refractivity contribution < 1.29 is 22.7 Å². The Bertz CT molecular complexity index is 1080. The van der Waals surface area contributed by atoms with Crippen LogP contribution in [0.5, 0.6) is 5.75 Å². The molecule has 0 bridgehead atoms. The molecule has 2 fully saturated rings. The van der Waals surface area contributed by atoms with Crippen LogP contribution >= 0.6 is 0 Å². The van der Waals surface area contributed by atoms with Crippen LogP contribution in [0.25, 0.3) is 0 Å². The van der Waals surface area contributed by atoms with E-state index in [-0.39, 0.29) is 10.8 Å². The van der Waals surface area contributed by atoms with Crippen LogP contribution in [0.15, 0.2) is 47.4 Å². The molecule has 0 saturated carbocycles. The van der Waals surface area contributed by atoms with E-state index in [0.717, 1.165) is 31.6 Å². The van der Waals surface area contributed by atoms with Crippen LogP contribution in [0.1, 0.15) is 36.0 Å². The lowest BCUT2D eigenvalue weighted by Gasteiger charge is -2.28. The van der Waals surface area contributed by atoms with Gasteiger partial charge in [-0.25, -0.2) is 8.42 Å². The minimum absolute atomic E-state index is 0.170. The third kappa shape index (κ3) is 5.48. The quantitative estimate of drug-likeness (QED) is 0.692. The second-order valence-electron chi connectivity index (χ2n) is 8.28. The molecule has 1 N–H and O–H groups in total. The molecular formula is C24H31N3O5S. The Morgan fingerprint density at radius 1 is 0.970 bits per heavy atom. The van der Waals surface area contributed by atoms with Gasteiger partial charge in [-0.2, -0.15) is 4.31 Å². The molecular weight excluding hydrogens is 442 g/mol. The predicted molar refractivity (Wildman–Crippen MR) is 128 cm³/mol. The first kappa shape index (κ1) is 23.5. The van der Waals surface area contributed by atoms with Gasteiger partial charge in [-0.15, -0.1) is 0 Å². The molecule has 33 heavy (non-hydrogen) atoms. The summed E-state index contributed by atoms with van der Waals surface area (Å²) in [4.78, 5) is 15.5. The number of nitrogens with zero attached hydrogens (tertiary/aromatic N) is 2. The van der Waals surface area contributed by atoms with E-state index in [9.17, 15) is 13.2 Å². The zero-order valence-electron chi connectivity index (χ0n) is 19.0. The molecule has 9 heteroatoms. The highest BCUT2D eigenvalue weighted by molar-refractivity contribution is 7.89. The maximum Gasteiger partial charge on any atom is 0.255 e. The molecule has 2 aliphatic rings. The fourth-order valence-electron chi connectivity index (χ4n) is 4.26. The summed E-state index contributed by atoms with van der Waals surface area (Å²) in [6.45, 7) is 3.15. The van der Waals surface area contributed by atoms with Gasteiger partial charge in [0, 0.05) is 31.7 Å². The second-order valence-corrected chi connectivity index (χ2v) is 10.2. The number of methoxy groups -OCH3 is 1. The molecule has 0 radical (unpaired) electrons. The first-order valence-electron chi connectivity index (χ1n) is 11.4. The highest BCUT2D eigenvalue weighted by Gasteiger charge is 2.28. The highest BCUT2D eigenvalue weighted by atomic mass is 32.2. The molecule has 2 aromatic carbocycles. The molecule has 2 heterocycles. The Morgan fingerprint density at radius 3 is 2.39 bits per heavy atom. The fraction of sp³-hybridized carbons (Fsp3) is 0.458. The minimum atomic E-state index is -3.69. The molecule has 2 aliphatic heterocycles. The van der Waals surface area contributed by atoms with Crippen molar-refractivity contribution in [1.82, 2.24) is 4.31 Å². The number of morpholine rings is 1. The summed E-state index contributed by atoms with van der Waals surface area (Å²) in [5.74, 6) is 0.268. The maximum atomic E-state index is 13.2. The van der Waals surface area contributed by atoms with Gasteiger partial charge in [0.2, 0.25) is 10.0 Å². The van der Waals surface area contributed by atoms with E-state index in [4.69, 9.17) is 9.47 Å². The molecule has 1 amide bonds. The second kappa shape index (κ2) is 10.5. The lowest BCUT2D eigenvalue weighted by atomic mass is 10.1. The maximum absolute atomic E-state index is 13.2. The van der Waals surface area contributed by atoms with Crippen LogP contribution in [0.2, 0.25) is 0 Å². The van der Waals surface area contributed by atoms with Crippen molar-refractivity contribution in [2.45, 2.75) is 30.6 Å². The van der Waals surface area contributed by atoms with E-state index in [1.54, 1.807) is 43.5 Å². The Hall–Kier alpha value is -2.62. The zero-order valence-corrected chi connectivity index (χ0v) is 19.8. The number of nitrogens with one attached hydrogen (secondary N) is 1. The van der Waals surface area contributed by atoms with Gasteiger partial charge in [-0.05, 0) is 49.2 Å².